The predicted molar refractivity (Wildman–Crippen MR) is 80.6 cm³/mol. The van der Waals surface area contributed by atoms with E-state index in [0.29, 0.717) is 16.5 Å². The molecule has 1 aliphatic heterocycles. The molecule has 0 saturated carbocycles. The summed E-state index contributed by atoms with van der Waals surface area (Å²) in [5.41, 5.74) is 6.74. The van der Waals surface area contributed by atoms with Gasteiger partial charge in [-0.3, -0.25) is 4.79 Å². The molecule has 2 unspecified atom stereocenters. The van der Waals surface area contributed by atoms with Gasteiger partial charge in [-0.2, -0.15) is 0 Å². The summed E-state index contributed by atoms with van der Waals surface area (Å²) < 4.78 is 15.0. The molecule has 1 fully saturated rings. The van der Waals surface area contributed by atoms with Crippen molar-refractivity contribution in [2.45, 2.75) is 51.2 Å². The Morgan fingerprint density at radius 1 is 1.45 bits per heavy atom. The zero-order valence-electron chi connectivity index (χ0n) is 11.8. The number of carbonyl (C=O) groups is 1. The maximum Gasteiger partial charge on any atom is 0.223 e. The zero-order valence-corrected chi connectivity index (χ0v) is 13.4. The second-order valence-corrected chi connectivity index (χ2v) is 6.48. The summed E-state index contributed by atoms with van der Waals surface area (Å²) >= 11 is 3.25. The highest BCUT2D eigenvalue weighted by atomic mass is 79.9. The summed E-state index contributed by atoms with van der Waals surface area (Å²) in [5.74, 6) is -0.263. The van der Waals surface area contributed by atoms with Crippen molar-refractivity contribution < 1.29 is 9.18 Å². The molecule has 1 aromatic rings. The van der Waals surface area contributed by atoms with E-state index in [0.717, 1.165) is 12.8 Å². The first-order valence-electron chi connectivity index (χ1n) is 6.93. The van der Waals surface area contributed by atoms with Gasteiger partial charge in [0.15, 0.2) is 0 Å². The maximum atomic E-state index is 14.3. The Morgan fingerprint density at radius 3 is 2.75 bits per heavy atom. The van der Waals surface area contributed by atoms with Crippen LogP contribution in [-0.2, 0) is 4.79 Å². The fourth-order valence-corrected chi connectivity index (χ4v) is 3.20. The topological polar surface area (TPSA) is 46.3 Å². The lowest BCUT2D eigenvalue weighted by atomic mass is 9.95. The minimum atomic E-state index is -0.391. The number of nitrogens with two attached hydrogens (primary N) is 1. The average Bonchev–Trinajstić information content (AvgIpc) is 2.49. The highest BCUT2D eigenvalue weighted by Crippen LogP contribution is 2.34. The van der Waals surface area contributed by atoms with Crippen molar-refractivity contribution in [3.05, 3.63) is 34.1 Å². The Balaban J connectivity index is 2.48. The molecular weight excluding hydrogens is 323 g/mol. The summed E-state index contributed by atoms with van der Waals surface area (Å²) in [7, 11) is 0. The zero-order chi connectivity index (χ0) is 14.9. The second kappa shape index (κ2) is 6.22. The van der Waals surface area contributed by atoms with Crippen molar-refractivity contribution >= 4 is 21.8 Å². The number of halogens is 2. The number of hydrogen-bond donors (Lipinski definition) is 1. The van der Waals surface area contributed by atoms with Crippen molar-refractivity contribution in [3.63, 3.8) is 0 Å². The van der Waals surface area contributed by atoms with E-state index in [1.165, 1.54) is 6.07 Å². The van der Waals surface area contributed by atoms with E-state index in [2.05, 4.69) is 15.9 Å². The van der Waals surface area contributed by atoms with E-state index in [-0.39, 0.29) is 23.8 Å². The van der Waals surface area contributed by atoms with Crippen LogP contribution in [-0.4, -0.2) is 22.9 Å². The smallest absolute Gasteiger partial charge is 0.223 e. The summed E-state index contributed by atoms with van der Waals surface area (Å²) in [6.45, 7) is 3.89. The number of nitrogens with zero attached hydrogens (tertiary/aromatic N) is 1. The molecule has 5 heteroatoms. The van der Waals surface area contributed by atoms with E-state index >= 15 is 0 Å². The van der Waals surface area contributed by atoms with Gasteiger partial charge in [0.1, 0.15) is 5.82 Å². The Labute approximate surface area is 127 Å². The average molecular weight is 343 g/mol. The van der Waals surface area contributed by atoms with E-state index in [9.17, 15) is 9.18 Å². The van der Waals surface area contributed by atoms with Gasteiger partial charge in [-0.1, -0.05) is 22.0 Å². The van der Waals surface area contributed by atoms with Gasteiger partial charge >= 0.3 is 0 Å². The van der Waals surface area contributed by atoms with Gasteiger partial charge in [-0.05, 0) is 38.8 Å². The molecule has 0 aliphatic carbocycles. The van der Waals surface area contributed by atoms with Gasteiger partial charge in [0, 0.05) is 28.5 Å². The molecule has 1 aromatic carbocycles. The van der Waals surface area contributed by atoms with Gasteiger partial charge in [0.2, 0.25) is 5.91 Å². The van der Waals surface area contributed by atoms with Gasteiger partial charge in [-0.25, -0.2) is 4.39 Å². The lowest BCUT2D eigenvalue weighted by Crippen LogP contribution is -2.46. The van der Waals surface area contributed by atoms with Crippen molar-refractivity contribution in [2.24, 2.45) is 5.73 Å². The van der Waals surface area contributed by atoms with E-state index in [1.807, 2.05) is 13.8 Å². The molecule has 0 aromatic heterocycles. The van der Waals surface area contributed by atoms with Crippen LogP contribution in [0.3, 0.4) is 0 Å². The monoisotopic (exact) mass is 342 g/mol. The number of rotatable bonds is 2. The number of hydrogen-bond acceptors (Lipinski definition) is 2. The third-order valence-electron chi connectivity index (χ3n) is 3.76. The van der Waals surface area contributed by atoms with Crippen LogP contribution >= 0.6 is 15.9 Å². The molecular formula is C15H20BrFN2O. The quantitative estimate of drug-likeness (QED) is 0.895. The lowest BCUT2D eigenvalue weighted by molar-refractivity contribution is -0.135. The van der Waals surface area contributed by atoms with Crippen LogP contribution < -0.4 is 5.73 Å². The normalized spacial score (nSPS) is 24.1. The molecule has 1 saturated heterocycles. The summed E-state index contributed by atoms with van der Waals surface area (Å²) in [6.07, 6.45) is 1.98. The largest absolute Gasteiger partial charge is 0.332 e. The second-order valence-electron chi connectivity index (χ2n) is 5.56. The lowest BCUT2D eigenvalue weighted by Gasteiger charge is -2.37. The molecule has 0 radical (unpaired) electrons. The number of likely N-dealkylation sites (tertiary alicyclic amines) is 1. The molecule has 2 rings (SSSR count). The fraction of sp³-hybridized carbons (Fsp3) is 0.533. The third kappa shape index (κ3) is 3.04. The van der Waals surface area contributed by atoms with E-state index in [4.69, 9.17) is 5.73 Å². The molecule has 1 aliphatic rings. The first-order chi connectivity index (χ1) is 9.41. The van der Waals surface area contributed by atoms with E-state index in [1.54, 1.807) is 17.0 Å². The van der Waals surface area contributed by atoms with Crippen LogP contribution in [0.15, 0.2) is 22.7 Å². The minimum Gasteiger partial charge on any atom is -0.332 e. The molecule has 2 N–H and O–H groups in total. The van der Waals surface area contributed by atoms with Gasteiger partial charge in [0.05, 0.1) is 6.04 Å². The van der Waals surface area contributed by atoms with Crippen LogP contribution in [0.1, 0.15) is 44.7 Å². The Bertz CT molecular complexity index is 507. The first kappa shape index (κ1) is 15.4. The van der Waals surface area contributed by atoms with Gasteiger partial charge in [0.25, 0.3) is 0 Å². The number of amides is 1. The molecule has 2 atom stereocenters. The van der Waals surface area contributed by atoms with Gasteiger partial charge < -0.3 is 10.6 Å². The van der Waals surface area contributed by atoms with E-state index < -0.39 is 6.04 Å². The van der Waals surface area contributed by atoms with Crippen LogP contribution in [0.2, 0.25) is 0 Å². The molecule has 1 heterocycles. The molecule has 110 valence electrons. The molecule has 0 bridgehead atoms. The Morgan fingerprint density at radius 2 is 2.15 bits per heavy atom. The van der Waals surface area contributed by atoms with Crippen molar-refractivity contribution in [1.29, 1.82) is 0 Å². The van der Waals surface area contributed by atoms with Crippen molar-refractivity contribution in [3.8, 4) is 0 Å². The Kier molecular flexibility index (Phi) is 4.81. The molecule has 1 amide bonds. The standard InChI is InChI=1S/C15H20BrFN2O/c1-9(2)19-14(20)5-3-4-13(18)15(19)11-7-6-10(16)8-12(11)17/h6-9,13,15H,3-5,18H2,1-2H3. The number of benzene rings is 1. The summed E-state index contributed by atoms with van der Waals surface area (Å²) in [6, 6.07) is 4.31. The first-order valence-corrected chi connectivity index (χ1v) is 7.72. The predicted octanol–water partition coefficient (Wildman–Crippen LogP) is 3.38. The fourth-order valence-electron chi connectivity index (χ4n) is 2.87. The molecule has 20 heavy (non-hydrogen) atoms. The number of carbonyl (C=O) groups excluding carboxylic acids is 1. The molecule has 0 spiro atoms. The van der Waals surface area contributed by atoms with Crippen LogP contribution in [0, 0.1) is 5.82 Å². The van der Waals surface area contributed by atoms with Crippen molar-refractivity contribution in [2.75, 3.05) is 0 Å². The molecule has 3 nitrogen and oxygen atoms in total. The Hall–Kier alpha value is -0.940. The van der Waals surface area contributed by atoms with Crippen LogP contribution in [0.25, 0.3) is 0 Å². The minimum absolute atomic E-state index is 0.000281. The van der Waals surface area contributed by atoms with Crippen LogP contribution in [0.4, 0.5) is 4.39 Å². The third-order valence-corrected chi connectivity index (χ3v) is 4.25. The van der Waals surface area contributed by atoms with Crippen molar-refractivity contribution in [1.82, 2.24) is 4.90 Å². The maximum absolute atomic E-state index is 14.3. The summed E-state index contributed by atoms with van der Waals surface area (Å²) in [4.78, 5) is 14.0. The SMILES string of the molecule is CC(C)N1C(=O)CCCC(N)C1c1ccc(Br)cc1F. The van der Waals surface area contributed by atoms with Gasteiger partial charge in [-0.15, -0.1) is 0 Å². The summed E-state index contributed by atoms with van der Waals surface area (Å²) in [5, 5.41) is 0. The highest BCUT2D eigenvalue weighted by molar-refractivity contribution is 9.10. The highest BCUT2D eigenvalue weighted by Gasteiger charge is 2.35. The van der Waals surface area contributed by atoms with Crippen LogP contribution in [0.5, 0.6) is 0 Å².